The Kier molecular flexibility index (Phi) is 9.33. The Balaban J connectivity index is 1.45. The Bertz CT molecular complexity index is 1710. The summed E-state index contributed by atoms with van der Waals surface area (Å²) in [5.74, 6) is -2.56. The number of fused-ring (bicyclic) bond motifs is 2. The van der Waals surface area contributed by atoms with E-state index >= 15 is 4.79 Å². The lowest BCUT2D eigenvalue weighted by atomic mass is 9.66. The highest BCUT2D eigenvalue weighted by Crippen LogP contribution is 2.64. The van der Waals surface area contributed by atoms with E-state index in [-0.39, 0.29) is 36.8 Å². The first-order valence-corrected chi connectivity index (χ1v) is 17.1. The number of carbonyl (C=O) groups excluding carboxylic acids is 3. The fraction of sp³-hybridized carbons (Fsp3) is 0.425. The summed E-state index contributed by atoms with van der Waals surface area (Å²) in [6.45, 7) is 14.3. The Morgan fingerprint density at radius 1 is 1.00 bits per heavy atom. The number of nitrogens with zero attached hydrogens (tertiary/aromatic N) is 3. The van der Waals surface area contributed by atoms with E-state index < -0.39 is 35.1 Å². The van der Waals surface area contributed by atoms with Crippen molar-refractivity contribution in [3.8, 4) is 0 Å². The van der Waals surface area contributed by atoms with E-state index in [1.54, 1.807) is 26.9 Å². The van der Waals surface area contributed by atoms with Crippen molar-refractivity contribution in [2.45, 2.75) is 69.9 Å². The number of ether oxygens (including phenoxy) is 1. The van der Waals surface area contributed by atoms with Gasteiger partial charge >= 0.3 is 0 Å². The number of benzene rings is 3. The number of rotatable bonds is 13. The van der Waals surface area contributed by atoms with Crippen LogP contribution in [0.15, 0.2) is 98.1 Å². The molecule has 1 spiro atoms. The van der Waals surface area contributed by atoms with Crippen LogP contribution >= 0.6 is 0 Å². The monoisotopic (exact) mass is 649 g/mol. The van der Waals surface area contributed by atoms with Crippen LogP contribution in [0.2, 0.25) is 0 Å². The van der Waals surface area contributed by atoms with Gasteiger partial charge in [-0.1, -0.05) is 93.1 Å². The molecule has 3 heterocycles. The smallest absolute Gasteiger partial charge is 0.253 e. The summed E-state index contributed by atoms with van der Waals surface area (Å²) < 4.78 is 6.97. The minimum Gasteiger partial charge on any atom is -0.394 e. The summed E-state index contributed by atoms with van der Waals surface area (Å²) in [5, 5.41) is 12.8. The molecule has 3 aliphatic heterocycles. The summed E-state index contributed by atoms with van der Waals surface area (Å²) in [6, 6.07) is 21.9. The van der Waals surface area contributed by atoms with Crippen LogP contribution in [-0.4, -0.2) is 75.6 Å². The predicted octanol–water partition coefficient (Wildman–Crippen LogP) is 5.75. The van der Waals surface area contributed by atoms with Gasteiger partial charge in [0, 0.05) is 25.3 Å². The number of aliphatic hydroxyl groups excluding tert-OH is 1. The van der Waals surface area contributed by atoms with Gasteiger partial charge in [0.1, 0.15) is 11.6 Å². The Morgan fingerprint density at radius 3 is 2.35 bits per heavy atom. The maximum Gasteiger partial charge on any atom is 0.253 e. The van der Waals surface area contributed by atoms with Crippen molar-refractivity contribution < 1.29 is 24.2 Å². The fourth-order valence-corrected chi connectivity index (χ4v) is 8.52. The maximum absolute atomic E-state index is 15.2. The molecule has 6 rings (SSSR count). The summed E-state index contributed by atoms with van der Waals surface area (Å²) in [5.41, 5.74) is -0.513. The Morgan fingerprint density at radius 2 is 1.69 bits per heavy atom. The number of hydrogen-bond acceptors (Lipinski definition) is 5. The van der Waals surface area contributed by atoms with Crippen LogP contribution in [0.25, 0.3) is 10.8 Å². The van der Waals surface area contributed by atoms with Gasteiger partial charge in [-0.15, -0.1) is 13.2 Å². The molecular formula is C40H47N3O5. The van der Waals surface area contributed by atoms with Gasteiger partial charge in [0.2, 0.25) is 11.8 Å². The van der Waals surface area contributed by atoms with Crippen LogP contribution in [0.1, 0.15) is 45.6 Å². The predicted molar refractivity (Wildman–Crippen MR) is 188 cm³/mol. The summed E-state index contributed by atoms with van der Waals surface area (Å²) in [7, 11) is 0. The van der Waals surface area contributed by atoms with E-state index in [2.05, 4.69) is 13.2 Å². The molecule has 7 atom stereocenters. The summed E-state index contributed by atoms with van der Waals surface area (Å²) in [6.07, 6.45) is 5.06. The van der Waals surface area contributed by atoms with Gasteiger partial charge in [-0.3, -0.25) is 14.4 Å². The van der Waals surface area contributed by atoms with Crippen LogP contribution in [-0.2, 0) is 25.7 Å². The average Bonchev–Trinajstić information content (AvgIpc) is 3.67. The van der Waals surface area contributed by atoms with E-state index in [0.717, 1.165) is 16.3 Å². The minimum absolute atomic E-state index is 0.102. The lowest BCUT2D eigenvalue weighted by Gasteiger charge is -2.41. The lowest BCUT2D eigenvalue weighted by Crippen LogP contribution is -2.60. The number of anilines is 1. The molecule has 2 unspecified atom stereocenters. The lowest BCUT2D eigenvalue weighted by molar-refractivity contribution is -0.153. The van der Waals surface area contributed by atoms with Crippen molar-refractivity contribution in [1.82, 2.24) is 9.80 Å². The number of carbonyl (C=O) groups is 3. The number of likely N-dealkylation sites (tertiary alicyclic amines) is 1. The molecule has 3 saturated heterocycles. The van der Waals surface area contributed by atoms with Crippen molar-refractivity contribution in [2.24, 2.45) is 17.8 Å². The molecule has 0 radical (unpaired) electrons. The SMILES string of the molecule is C=CCN(Cc1ccccc1)C(=O)[C@H]1[C@H]2C(=O)N([C@@H](CO)[C@@H](C)CC)C(C(=O)N(CC=C)c3ccc4ccccc4c3)C23CC[C@]1(C)O3. The van der Waals surface area contributed by atoms with Crippen molar-refractivity contribution in [3.63, 3.8) is 0 Å². The summed E-state index contributed by atoms with van der Waals surface area (Å²) >= 11 is 0. The second-order valence-corrected chi connectivity index (χ2v) is 13.9. The maximum atomic E-state index is 15.2. The van der Waals surface area contributed by atoms with Gasteiger partial charge in [-0.2, -0.15) is 0 Å². The Hall–Kier alpha value is -4.27. The molecule has 48 heavy (non-hydrogen) atoms. The molecule has 1 N–H and O–H groups in total. The molecule has 8 nitrogen and oxygen atoms in total. The van der Waals surface area contributed by atoms with Crippen LogP contribution in [0.4, 0.5) is 5.69 Å². The molecule has 3 aliphatic rings. The molecule has 2 bridgehead atoms. The van der Waals surface area contributed by atoms with Crippen molar-refractivity contribution >= 4 is 34.2 Å². The van der Waals surface area contributed by atoms with Crippen LogP contribution < -0.4 is 4.90 Å². The molecule has 8 heteroatoms. The van der Waals surface area contributed by atoms with Gasteiger partial charge < -0.3 is 24.5 Å². The van der Waals surface area contributed by atoms with Crippen LogP contribution in [0.5, 0.6) is 0 Å². The first kappa shape index (κ1) is 33.6. The normalized spacial score (nSPS) is 27.0. The van der Waals surface area contributed by atoms with E-state index in [9.17, 15) is 14.7 Å². The molecule has 0 saturated carbocycles. The first-order chi connectivity index (χ1) is 23.1. The highest BCUT2D eigenvalue weighted by atomic mass is 16.5. The topological polar surface area (TPSA) is 90.4 Å². The molecule has 3 fully saturated rings. The van der Waals surface area contributed by atoms with Gasteiger partial charge in [0.25, 0.3) is 5.91 Å². The standard InChI is InChI=1S/C40H47N3O5/c1-6-22-41(25-28-14-10-9-11-15-28)36(45)33-34-37(46)43(32(26-44)27(4)8-3)35(40(34)21-20-39(33,5)48-40)38(47)42(23-7-2)31-19-18-29-16-12-13-17-30(29)24-31/h6-7,9-19,24,27,32-35,44H,1-2,8,20-23,25-26H2,3-5H3/t27-,32-,33+,34-,35?,39-,40?/m0/s1. The van der Waals surface area contributed by atoms with Gasteiger partial charge in [-0.25, -0.2) is 0 Å². The third kappa shape index (κ3) is 5.45. The second-order valence-electron chi connectivity index (χ2n) is 13.9. The zero-order valence-corrected chi connectivity index (χ0v) is 28.3. The Labute approximate surface area is 283 Å². The van der Waals surface area contributed by atoms with E-state index in [1.165, 1.54) is 0 Å². The highest BCUT2D eigenvalue weighted by molar-refractivity contribution is 6.06. The summed E-state index contributed by atoms with van der Waals surface area (Å²) in [4.78, 5) is 49.8. The van der Waals surface area contributed by atoms with Crippen molar-refractivity contribution in [1.29, 1.82) is 0 Å². The number of aliphatic hydroxyl groups is 1. The van der Waals surface area contributed by atoms with E-state index in [4.69, 9.17) is 4.74 Å². The second kappa shape index (κ2) is 13.3. The van der Waals surface area contributed by atoms with Gasteiger partial charge in [0.15, 0.2) is 0 Å². The van der Waals surface area contributed by atoms with Crippen LogP contribution in [0.3, 0.4) is 0 Å². The third-order valence-corrected chi connectivity index (χ3v) is 11.1. The quantitative estimate of drug-likeness (QED) is 0.239. The largest absolute Gasteiger partial charge is 0.394 e. The molecular weight excluding hydrogens is 602 g/mol. The first-order valence-electron chi connectivity index (χ1n) is 17.1. The minimum atomic E-state index is -1.23. The zero-order valence-electron chi connectivity index (χ0n) is 28.3. The highest BCUT2D eigenvalue weighted by Gasteiger charge is 2.79. The molecule has 3 aromatic carbocycles. The molecule has 3 aromatic rings. The van der Waals surface area contributed by atoms with E-state index in [1.807, 2.05) is 93.6 Å². The molecule has 0 aliphatic carbocycles. The van der Waals surface area contributed by atoms with Crippen molar-refractivity contribution in [3.05, 3.63) is 104 Å². The average molecular weight is 650 g/mol. The van der Waals surface area contributed by atoms with Crippen LogP contribution in [0, 0.1) is 17.8 Å². The fourth-order valence-electron chi connectivity index (χ4n) is 8.52. The van der Waals surface area contributed by atoms with Gasteiger partial charge in [0.05, 0.1) is 30.1 Å². The number of hydrogen-bond donors (Lipinski definition) is 1. The molecule has 3 amide bonds. The number of amides is 3. The third-order valence-electron chi connectivity index (χ3n) is 11.1. The van der Waals surface area contributed by atoms with Crippen molar-refractivity contribution in [2.75, 3.05) is 24.6 Å². The zero-order chi connectivity index (χ0) is 34.2. The van der Waals surface area contributed by atoms with E-state index in [0.29, 0.717) is 38.0 Å². The van der Waals surface area contributed by atoms with Gasteiger partial charge in [-0.05, 0) is 54.2 Å². The molecule has 0 aromatic heterocycles. The molecule has 252 valence electrons.